The molecule has 0 unspecified atom stereocenters. The predicted molar refractivity (Wildman–Crippen MR) is 50.8 cm³/mol. The second-order valence-electron chi connectivity index (χ2n) is 2.74. The minimum atomic E-state index is -3.93. The molecule has 1 aromatic rings. The van der Waals surface area contributed by atoms with Gasteiger partial charge in [0.05, 0.1) is 4.90 Å². The summed E-state index contributed by atoms with van der Waals surface area (Å²) in [6.45, 7) is -1.49. The van der Waals surface area contributed by atoms with Crippen LogP contribution in [-0.4, -0.2) is 15.0 Å². The first-order valence-electron chi connectivity index (χ1n) is 3.81. The Morgan fingerprint density at radius 3 is 2.47 bits per heavy atom. The molecule has 0 aliphatic heterocycles. The molecule has 1 rings (SSSR count). The SMILES string of the molecule is Cc1ccc(S(=O)(=O)Cl)cc1OC(F)F. The van der Waals surface area contributed by atoms with Gasteiger partial charge in [-0.3, -0.25) is 0 Å². The maximum absolute atomic E-state index is 11.9. The molecule has 0 heterocycles. The van der Waals surface area contributed by atoms with Gasteiger partial charge in [0.15, 0.2) is 0 Å². The fourth-order valence-electron chi connectivity index (χ4n) is 0.955. The van der Waals surface area contributed by atoms with Gasteiger partial charge < -0.3 is 4.74 Å². The Morgan fingerprint density at radius 1 is 1.40 bits per heavy atom. The van der Waals surface area contributed by atoms with Crippen LogP contribution in [0.25, 0.3) is 0 Å². The summed E-state index contributed by atoms with van der Waals surface area (Å²) in [4.78, 5) is -0.273. The molecule has 0 N–H and O–H groups in total. The van der Waals surface area contributed by atoms with Crippen molar-refractivity contribution >= 4 is 19.7 Å². The van der Waals surface area contributed by atoms with Crippen molar-refractivity contribution in [2.24, 2.45) is 0 Å². The Bertz CT molecular complexity index is 459. The third-order valence-corrected chi connectivity index (χ3v) is 3.01. The van der Waals surface area contributed by atoms with E-state index < -0.39 is 15.7 Å². The molecular weight excluding hydrogens is 250 g/mol. The molecule has 0 saturated heterocycles. The first-order chi connectivity index (χ1) is 6.80. The lowest BCUT2D eigenvalue weighted by molar-refractivity contribution is -0.0504. The van der Waals surface area contributed by atoms with Crippen molar-refractivity contribution in [1.82, 2.24) is 0 Å². The molecule has 15 heavy (non-hydrogen) atoms. The number of halogens is 3. The fraction of sp³-hybridized carbons (Fsp3) is 0.250. The minimum absolute atomic E-state index is 0.202. The zero-order chi connectivity index (χ0) is 11.6. The largest absolute Gasteiger partial charge is 0.435 e. The maximum Gasteiger partial charge on any atom is 0.387 e. The Balaban J connectivity index is 3.17. The zero-order valence-electron chi connectivity index (χ0n) is 7.58. The Morgan fingerprint density at radius 2 is 2.00 bits per heavy atom. The summed E-state index contributed by atoms with van der Waals surface area (Å²) in [5.74, 6) is -0.202. The van der Waals surface area contributed by atoms with Crippen LogP contribution >= 0.6 is 10.7 Å². The highest BCUT2D eigenvalue weighted by Crippen LogP contribution is 2.25. The van der Waals surface area contributed by atoms with Crippen LogP contribution in [0.4, 0.5) is 8.78 Å². The molecule has 0 aliphatic carbocycles. The summed E-state index contributed by atoms with van der Waals surface area (Å²) in [5.41, 5.74) is 0.402. The molecule has 7 heteroatoms. The third kappa shape index (κ3) is 3.32. The number of ether oxygens (including phenoxy) is 1. The molecule has 1 aromatic carbocycles. The van der Waals surface area contributed by atoms with E-state index in [4.69, 9.17) is 10.7 Å². The predicted octanol–water partition coefficient (Wildman–Crippen LogP) is 2.52. The van der Waals surface area contributed by atoms with Gasteiger partial charge in [-0.15, -0.1) is 0 Å². The molecule has 0 fully saturated rings. The van der Waals surface area contributed by atoms with E-state index in [2.05, 4.69) is 4.74 Å². The van der Waals surface area contributed by atoms with E-state index in [-0.39, 0.29) is 10.6 Å². The number of hydrogen-bond donors (Lipinski definition) is 0. The smallest absolute Gasteiger partial charge is 0.387 e. The Labute approximate surface area is 90.0 Å². The number of alkyl halides is 2. The Hall–Kier alpha value is -0.880. The molecule has 0 aliphatic rings. The molecule has 0 aromatic heterocycles. The number of benzene rings is 1. The first-order valence-corrected chi connectivity index (χ1v) is 6.12. The van der Waals surface area contributed by atoms with Gasteiger partial charge in [-0.25, -0.2) is 8.42 Å². The van der Waals surface area contributed by atoms with Crippen LogP contribution in [0.3, 0.4) is 0 Å². The van der Waals surface area contributed by atoms with Gasteiger partial charge in [-0.05, 0) is 18.6 Å². The molecule has 0 atom stereocenters. The summed E-state index contributed by atoms with van der Waals surface area (Å²) in [5, 5.41) is 0. The summed E-state index contributed by atoms with van der Waals surface area (Å²) >= 11 is 0. The van der Waals surface area contributed by atoms with Gasteiger partial charge in [0.25, 0.3) is 9.05 Å². The van der Waals surface area contributed by atoms with Gasteiger partial charge >= 0.3 is 6.61 Å². The van der Waals surface area contributed by atoms with Crippen molar-refractivity contribution in [2.45, 2.75) is 18.4 Å². The number of aryl methyl sites for hydroxylation is 1. The number of rotatable bonds is 3. The summed E-state index contributed by atoms with van der Waals surface area (Å²) in [6, 6.07) is 3.52. The highest BCUT2D eigenvalue weighted by molar-refractivity contribution is 8.13. The van der Waals surface area contributed by atoms with Crippen molar-refractivity contribution in [2.75, 3.05) is 0 Å². The molecular formula is C8H7ClF2O3S. The molecule has 0 bridgehead atoms. The quantitative estimate of drug-likeness (QED) is 0.781. The van der Waals surface area contributed by atoms with Crippen LogP contribution in [0.2, 0.25) is 0 Å². The normalized spacial score (nSPS) is 11.8. The minimum Gasteiger partial charge on any atom is -0.435 e. The van der Waals surface area contributed by atoms with E-state index in [1.807, 2.05) is 0 Å². The van der Waals surface area contributed by atoms with Crippen molar-refractivity contribution in [3.63, 3.8) is 0 Å². The number of hydrogen-bond acceptors (Lipinski definition) is 3. The molecule has 84 valence electrons. The zero-order valence-corrected chi connectivity index (χ0v) is 9.15. The Kier molecular flexibility index (Phi) is 3.51. The highest BCUT2D eigenvalue weighted by Gasteiger charge is 2.14. The summed E-state index contributed by atoms with van der Waals surface area (Å²) in [7, 11) is 1.12. The standard InChI is InChI=1S/C8H7ClF2O3S/c1-5-2-3-6(15(9,12)13)4-7(5)14-8(10)11/h2-4,8H,1H3. The van der Waals surface area contributed by atoms with Gasteiger partial charge in [0.1, 0.15) is 5.75 Å². The van der Waals surface area contributed by atoms with Crippen molar-refractivity contribution in [1.29, 1.82) is 0 Å². The topological polar surface area (TPSA) is 43.4 Å². The van der Waals surface area contributed by atoms with E-state index in [9.17, 15) is 17.2 Å². The monoisotopic (exact) mass is 256 g/mol. The van der Waals surface area contributed by atoms with Gasteiger partial charge in [0, 0.05) is 16.7 Å². The highest BCUT2D eigenvalue weighted by atomic mass is 35.7. The van der Waals surface area contributed by atoms with Gasteiger partial charge in [-0.2, -0.15) is 8.78 Å². The van der Waals surface area contributed by atoms with E-state index in [1.54, 1.807) is 0 Å². The summed E-state index contributed by atoms with van der Waals surface area (Å²) < 4.78 is 49.8. The first kappa shape index (κ1) is 12.2. The molecule has 0 radical (unpaired) electrons. The van der Waals surface area contributed by atoms with Crippen LogP contribution in [0.15, 0.2) is 23.1 Å². The lowest BCUT2D eigenvalue weighted by atomic mass is 10.2. The maximum atomic E-state index is 11.9. The van der Waals surface area contributed by atoms with E-state index >= 15 is 0 Å². The van der Waals surface area contributed by atoms with Crippen molar-refractivity contribution < 1.29 is 21.9 Å². The average Bonchev–Trinajstić information content (AvgIpc) is 2.06. The van der Waals surface area contributed by atoms with Crippen LogP contribution in [-0.2, 0) is 9.05 Å². The van der Waals surface area contributed by atoms with E-state index in [1.165, 1.54) is 19.1 Å². The van der Waals surface area contributed by atoms with Crippen molar-refractivity contribution in [3.05, 3.63) is 23.8 Å². The lowest BCUT2D eigenvalue weighted by Gasteiger charge is -2.08. The molecule has 3 nitrogen and oxygen atoms in total. The van der Waals surface area contributed by atoms with Crippen LogP contribution in [0.5, 0.6) is 5.75 Å². The third-order valence-electron chi connectivity index (χ3n) is 1.66. The molecule has 0 saturated carbocycles. The molecule has 0 spiro atoms. The van der Waals surface area contributed by atoms with Crippen LogP contribution in [0, 0.1) is 6.92 Å². The van der Waals surface area contributed by atoms with E-state index in [0.29, 0.717) is 5.56 Å². The van der Waals surface area contributed by atoms with Gasteiger partial charge in [-0.1, -0.05) is 6.07 Å². The summed E-state index contributed by atoms with van der Waals surface area (Å²) in [6.07, 6.45) is 0. The van der Waals surface area contributed by atoms with E-state index in [0.717, 1.165) is 6.07 Å². The van der Waals surface area contributed by atoms with Crippen LogP contribution < -0.4 is 4.74 Å². The molecule has 0 amide bonds. The lowest BCUT2D eigenvalue weighted by Crippen LogP contribution is -2.04. The average molecular weight is 257 g/mol. The van der Waals surface area contributed by atoms with Crippen molar-refractivity contribution in [3.8, 4) is 5.75 Å². The second-order valence-corrected chi connectivity index (χ2v) is 5.31. The second kappa shape index (κ2) is 4.32. The fourth-order valence-corrected chi connectivity index (χ4v) is 1.72. The van der Waals surface area contributed by atoms with Gasteiger partial charge in [0.2, 0.25) is 0 Å². The van der Waals surface area contributed by atoms with Crippen LogP contribution in [0.1, 0.15) is 5.56 Å².